The number of fused-ring (bicyclic) bond motifs is 2. The van der Waals surface area contributed by atoms with Gasteiger partial charge >= 0.3 is 5.97 Å². The average Bonchev–Trinajstić information content (AvgIpc) is 2.57. The first-order valence-electron chi connectivity index (χ1n) is 9.15. The van der Waals surface area contributed by atoms with Crippen LogP contribution in [-0.4, -0.2) is 36.3 Å². The van der Waals surface area contributed by atoms with Gasteiger partial charge in [0.15, 0.2) is 0 Å². The minimum atomic E-state index is -4.36. The van der Waals surface area contributed by atoms with E-state index in [9.17, 15) is 18.3 Å². The molecule has 1 aromatic rings. The Hall–Kier alpha value is -1.44. The van der Waals surface area contributed by atoms with Crippen LogP contribution in [0.2, 0.25) is 0 Å². The molecule has 3 bridgehead atoms. The summed E-state index contributed by atoms with van der Waals surface area (Å²) in [5.74, 6) is 0.596. The normalized spacial score (nSPS) is 35.9. The highest BCUT2D eigenvalue weighted by atomic mass is 32.2. The molecule has 0 radical (unpaired) electrons. The maximum absolute atomic E-state index is 12.4. The first kappa shape index (κ1) is 17.9. The summed E-state index contributed by atoms with van der Waals surface area (Å²) in [6.07, 6.45) is 6.52. The molecular weight excluding hydrogens is 356 g/mol. The van der Waals surface area contributed by atoms with Gasteiger partial charge in [-0.25, -0.2) is 4.79 Å². The van der Waals surface area contributed by atoms with Crippen molar-refractivity contribution in [1.29, 1.82) is 0 Å². The summed E-state index contributed by atoms with van der Waals surface area (Å²) in [6, 6.07) is 5.21. The van der Waals surface area contributed by atoms with Gasteiger partial charge in [-0.3, -0.25) is 4.55 Å². The molecule has 3 aliphatic carbocycles. The minimum absolute atomic E-state index is 0.0972. The third kappa shape index (κ3) is 3.28. The van der Waals surface area contributed by atoms with Crippen molar-refractivity contribution in [3.63, 3.8) is 0 Å². The summed E-state index contributed by atoms with van der Waals surface area (Å²) in [4.78, 5) is 12.1. The van der Waals surface area contributed by atoms with Crippen molar-refractivity contribution in [3.05, 3.63) is 29.8 Å². The van der Waals surface area contributed by atoms with Gasteiger partial charge in [-0.15, -0.1) is 0 Å². The van der Waals surface area contributed by atoms with Gasteiger partial charge in [-0.05, 0) is 75.0 Å². The fourth-order valence-electron chi connectivity index (χ4n) is 5.50. The van der Waals surface area contributed by atoms with Crippen molar-refractivity contribution in [1.82, 2.24) is 0 Å². The maximum atomic E-state index is 12.4. The average molecular weight is 380 g/mol. The zero-order valence-electron chi connectivity index (χ0n) is 14.6. The monoisotopic (exact) mass is 380 g/mol. The Balaban J connectivity index is 1.48. The summed E-state index contributed by atoms with van der Waals surface area (Å²) in [6.45, 7) is 0.244. The molecule has 0 amide bonds. The summed E-state index contributed by atoms with van der Waals surface area (Å²) in [5.41, 5.74) is -0.706. The van der Waals surface area contributed by atoms with Crippen LogP contribution < -0.4 is 0 Å². The first-order chi connectivity index (χ1) is 12.2. The quantitative estimate of drug-likeness (QED) is 0.615. The summed E-state index contributed by atoms with van der Waals surface area (Å²) >= 11 is 0. The summed E-state index contributed by atoms with van der Waals surface area (Å²) in [7, 11) is -4.36. The number of hydrogen-bond donors (Lipinski definition) is 2. The number of hydrogen-bond acceptors (Lipinski definition) is 5. The van der Waals surface area contributed by atoms with Gasteiger partial charge in [0.05, 0.1) is 22.7 Å². The Morgan fingerprint density at radius 2 is 1.96 bits per heavy atom. The van der Waals surface area contributed by atoms with Crippen molar-refractivity contribution in [2.45, 2.75) is 55.4 Å². The number of benzene rings is 1. The zero-order chi connectivity index (χ0) is 18.6. The van der Waals surface area contributed by atoms with Crippen molar-refractivity contribution in [2.75, 3.05) is 6.61 Å². The van der Waals surface area contributed by atoms with E-state index in [2.05, 4.69) is 0 Å². The molecule has 6 nitrogen and oxygen atoms in total. The van der Waals surface area contributed by atoms with Crippen LogP contribution in [0.3, 0.4) is 0 Å². The van der Waals surface area contributed by atoms with E-state index in [1.165, 1.54) is 18.2 Å². The summed E-state index contributed by atoms with van der Waals surface area (Å²) < 4.78 is 37.1. The first-order valence-corrected chi connectivity index (χ1v) is 10.6. The molecular formula is C19H24O6S. The van der Waals surface area contributed by atoms with E-state index in [-0.39, 0.29) is 22.5 Å². The Morgan fingerprint density at radius 3 is 2.73 bits per heavy atom. The molecule has 7 heteroatoms. The summed E-state index contributed by atoms with van der Waals surface area (Å²) in [5, 5.41) is 10.9. The van der Waals surface area contributed by atoms with Crippen LogP contribution in [0, 0.1) is 17.3 Å². The number of rotatable bonds is 4. The van der Waals surface area contributed by atoms with E-state index in [1.54, 1.807) is 0 Å². The molecule has 4 rings (SSSR count). The predicted molar refractivity (Wildman–Crippen MR) is 93.2 cm³/mol. The van der Waals surface area contributed by atoms with Gasteiger partial charge in [0.1, 0.15) is 0 Å². The topological polar surface area (TPSA) is 101 Å². The highest BCUT2D eigenvalue weighted by Crippen LogP contribution is 2.59. The Kier molecular flexibility index (Phi) is 4.17. The van der Waals surface area contributed by atoms with Gasteiger partial charge < -0.3 is 9.84 Å². The Labute approximate surface area is 153 Å². The zero-order valence-corrected chi connectivity index (χ0v) is 15.4. The third-order valence-electron chi connectivity index (χ3n) is 6.61. The molecule has 0 aromatic heterocycles. The van der Waals surface area contributed by atoms with Crippen molar-refractivity contribution in [3.8, 4) is 0 Å². The number of aliphatic hydroxyl groups is 1. The molecule has 4 atom stereocenters. The molecule has 1 aromatic carbocycles. The van der Waals surface area contributed by atoms with Crippen LogP contribution >= 0.6 is 0 Å². The van der Waals surface area contributed by atoms with E-state index in [0.717, 1.165) is 44.6 Å². The molecule has 3 saturated carbocycles. The van der Waals surface area contributed by atoms with Crippen LogP contribution in [0.4, 0.5) is 0 Å². The molecule has 3 fully saturated rings. The second-order valence-corrected chi connectivity index (χ2v) is 9.91. The fraction of sp³-hybridized carbons (Fsp3) is 0.632. The lowest BCUT2D eigenvalue weighted by atomic mass is 9.50. The molecule has 0 spiro atoms. The van der Waals surface area contributed by atoms with Crippen LogP contribution in [0.5, 0.6) is 0 Å². The molecule has 4 unspecified atom stereocenters. The smallest absolute Gasteiger partial charge is 0.338 e. The molecule has 0 saturated heterocycles. The van der Waals surface area contributed by atoms with Crippen molar-refractivity contribution < 1.29 is 27.6 Å². The van der Waals surface area contributed by atoms with Crippen molar-refractivity contribution in [2.24, 2.45) is 17.3 Å². The van der Waals surface area contributed by atoms with Gasteiger partial charge in [0.2, 0.25) is 0 Å². The van der Waals surface area contributed by atoms with Gasteiger partial charge in [0.25, 0.3) is 10.1 Å². The fourth-order valence-corrected chi connectivity index (χ4v) is 6.03. The molecule has 0 aliphatic heterocycles. The third-order valence-corrected chi connectivity index (χ3v) is 7.46. The largest absolute Gasteiger partial charge is 0.462 e. The van der Waals surface area contributed by atoms with Crippen LogP contribution in [-0.2, 0) is 14.9 Å². The van der Waals surface area contributed by atoms with Crippen molar-refractivity contribution >= 4 is 16.1 Å². The van der Waals surface area contributed by atoms with E-state index in [0.29, 0.717) is 18.3 Å². The molecule has 0 heterocycles. The van der Waals surface area contributed by atoms with E-state index in [4.69, 9.17) is 9.29 Å². The highest BCUT2D eigenvalue weighted by Gasteiger charge is 2.55. The van der Waals surface area contributed by atoms with E-state index in [1.807, 2.05) is 0 Å². The Morgan fingerprint density at radius 1 is 1.19 bits per heavy atom. The molecule has 2 N–H and O–H groups in total. The molecule has 3 aliphatic rings. The molecule has 26 heavy (non-hydrogen) atoms. The van der Waals surface area contributed by atoms with Crippen LogP contribution in [0.1, 0.15) is 55.3 Å². The standard InChI is InChI=1S/C19H24O6S/c20-17(14-2-1-3-16(8-14)26(22,23)24)25-12-18-6-4-13-5-7-19(21,11-18)10-15(13)9-18/h1-3,8,13,15,21H,4-7,9-12H2,(H,22,23,24). The lowest BCUT2D eigenvalue weighted by molar-refractivity contribution is -0.155. The van der Waals surface area contributed by atoms with Crippen LogP contribution in [0.25, 0.3) is 0 Å². The number of ether oxygens (including phenoxy) is 1. The lowest BCUT2D eigenvalue weighted by Gasteiger charge is -2.57. The van der Waals surface area contributed by atoms with Gasteiger partial charge in [-0.2, -0.15) is 8.42 Å². The predicted octanol–water partition coefficient (Wildman–Crippen LogP) is 2.81. The second-order valence-electron chi connectivity index (χ2n) is 8.49. The van der Waals surface area contributed by atoms with Gasteiger partial charge in [-0.1, -0.05) is 6.07 Å². The highest BCUT2D eigenvalue weighted by molar-refractivity contribution is 7.85. The number of carbonyl (C=O) groups is 1. The van der Waals surface area contributed by atoms with Gasteiger partial charge in [0, 0.05) is 5.41 Å². The van der Waals surface area contributed by atoms with E-state index < -0.39 is 21.7 Å². The second kappa shape index (κ2) is 6.04. The van der Waals surface area contributed by atoms with E-state index >= 15 is 0 Å². The number of carbonyl (C=O) groups excluding carboxylic acids is 1. The number of esters is 1. The van der Waals surface area contributed by atoms with Crippen LogP contribution in [0.15, 0.2) is 29.2 Å². The molecule has 142 valence electrons. The minimum Gasteiger partial charge on any atom is -0.462 e. The maximum Gasteiger partial charge on any atom is 0.338 e. The lowest BCUT2D eigenvalue weighted by Crippen LogP contribution is -2.54. The Bertz CT molecular complexity index is 834. The SMILES string of the molecule is O=C(OCC12CCC3CCC(O)(CC3C1)C2)c1cccc(S(=O)(=O)O)c1.